The summed E-state index contributed by atoms with van der Waals surface area (Å²) in [6.07, 6.45) is 0. The van der Waals surface area contributed by atoms with E-state index in [1.54, 1.807) is 18.2 Å². The smallest absolute Gasteiger partial charge is 0.244 e. The van der Waals surface area contributed by atoms with Crippen LogP contribution in [0.4, 0.5) is 5.69 Å². The Morgan fingerprint density at radius 3 is 2.37 bits per heavy atom. The van der Waals surface area contributed by atoms with Crippen LogP contribution in [-0.4, -0.2) is 38.2 Å². The molecule has 1 N–H and O–H groups in total. The van der Waals surface area contributed by atoms with E-state index in [0.717, 1.165) is 5.33 Å². The third-order valence-corrected chi connectivity index (χ3v) is 6.02. The SMILES string of the molecule is CC(CBr)C(C)Nc1ccccc1S(=O)(=O)N(C)C. The van der Waals surface area contributed by atoms with Gasteiger partial charge in [0.2, 0.25) is 10.0 Å². The first-order chi connectivity index (χ1) is 8.80. The first kappa shape index (κ1) is 16.5. The quantitative estimate of drug-likeness (QED) is 0.804. The molecule has 6 heteroatoms. The lowest BCUT2D eigenvalue weighted by Crippen LogP contribution is -2.28. The van der Waals surface area contributed by atoms with Gasteiger partial charge in [0.15, 0.2) is 0 Å². The zero-order chi connectivity index (χ0) is 14.6. The van der Waals surface area contributed by atoms with Gasteiger partial charge in [-0.25, -0.2) is 12.7 Å². The number of anilines is 1. The van der Waals surface area contributed by atoms with Crippen molar-refractivity contribution in [2.24, 2.45) is 5.92 Å². The lowest BCUT2D eigenvalue weighted by atomic mass is 10.1. The van der Waals surface area contributed by atoms with Gasteiger partial charge >= 0.3 is 0 Å². The highest BCUT2D eigenvalue weighted by atomic mass is 79.9. The Kier molecular flexibility index (Phi) is 5.82. The molecular formula is C13H21BrN2O2S. The largest absolute Gasteiger partial charge is 0.381 e. The van der Waals surface area contributed by atoms with Crippen LogP contribution >= 0.6 is 15.9 Å². The van der Waals surface area contributed by atoms with Gasteiger partial charge in [0.1, 0.15) is 4.90 Å². The Hall–Kier alpha value is -0.590. The van der Waals surface area contributed by atoms with E-state index < -0.39 is 10.0 Å². The second kappa shape index (κ2) is 6.72. The Morgan fingerprint density at radius 1 is 1.26 bits per heavy atom. The van der Waals surface area contributed by atoms with Gasteiger partial charge in [-0.1, -0.05) is 35.0 Å². The lowest BCUT2D eigenvalue weighted by molar-refractivity contribution is 0.520. The molecule has 0 aliphatic rings. The van der Waals surface area contributed by atoms with E-state index in [1.807, 2.05) is 13.0 Å². The van der Waals surface area contributed by atoms with E-state index in [2.05, 4.69) is 28.2 Å². The highest BCUT2D eigenvalue weighted by Crippen LogP contribution is 2.25. The van der Waals surface area contributed by atoms with E-state index in [0.29, 0.717) is 16.5 Å². The van der Waals surface area contributed by atoms with Crippen LogP contribution in [0.1, 0.15) is 13.8 Å². The molecular weight excluding hydrogens is 328 g/mol. The van der Waals surface area contributed by atoms with Crippen molar-refractivity contribution in [2.75, 3.05) is 24.7 Å². The van der Waals surface area contributed by atoms with E-state index in [1.165, 1.54) is 18.4 Å². The molecule has 0 spiro atoms. The van der Waals surface area contributed by atoms with Crippen LogP contribution in [0.15, 0.2) is 29.2 Å². The van der Waals surface area contributed by atoms with Gasteiger partial charge in [-0.05, 0) is 25.0 Å². The van der Waals surface area contributed by atoms with Gasteiger partial charge in [-0.15, -0.1) is 0 Å². The number of hydrogen-bond acceptors (Lipinski definition) is 3. The molecule has 0 radical (unpaired) electrons. The van der Waals surface area contributed by atoms with Gasteiger partial charge in [0.25, 0.3) is 0 Å². The molecule has 1 aromatic carbocycles. The van der Waals surface area contributed by atoms with E-state index >= 15 is 0 Å². The maximum atomic E-state index is 12.3. The standard InChI is InChI=1S/C13H21BrN2O2S/c1-10(9-14)11(2)15-12-7-5-6-8-13(12)19(17,18)16(3)4/h5-8,10-11,15H,9H2,1-4H3. The monoisotopic (exact) mass is 348 g/mol. The highest BCUT2D eigenvalue weighted by molar-refractivity contribution is 9.09. The molecule has 2 unspecified atom stereocenters. The Labute approximate surface area is 124 Å². The Bertz CT molecular complexity index is 517. The van der Waals surface area contributed by atoms with Gasteiger partial charge < -0.3 is 5.32 Å². The number of sulfonamides is 1. The highest BCUT2D eigenvalue weighted by Gasteiger charge is 2.22. The number of para-hydroxylation sites is 1. The maximum absolute atomic E-state index is 12.3. The van der Waals surface area contributed by atoms with Crippen LogP contribution in [0.5, 0.6) is 0 Å². The average molecular weight is 349 g/mol. The number of alkyl halides is 1. The minimum absolute atomic E-state index is 0.179. The molecule has 1 rings (SSSR count). The van der Waals surface area contributed by atoms with Gasteiger partial charge in [0, 0.05) is 25.5 Å². The second-order valence-corrected chi connectivity index (χ2v) is 7.62. The molecule has 1 aromatic rings. The summed E-state index contributed by atoms with van der Waals surface area (Å²) in [4.78, 5) is 0.314. The predicted molar refractivity (Wildman–Crippen MR) is 83.4 cm³/mol. The number of hydrogen-bond donors (Lipinski definition) is 1. The maximum Gasteiger partial charge on any atom is 0.244 e. The fraction of sp³-hybridized carbons (Fsp3) is 0.538. The third-order valence-electron chi connectivity index (χ3n) is 3.13. The normalized spacial score (nSPS) is 15.3. The van der Waals surface area contributed by atoms with Crippen LogP contribution in [0.3, 0.4) is 0 Å². The molecule has 0 saturated carbocycles. The summed E-state index contributed by atoms with van der Waals surface area (Å²) in [5, 5.41) is 4.15. The molecule has 0 bridgehead atoms. The average Bonchev–Trinajstić information content (AvgIpc) is 2.37. The molecule has 0 aromatic heterocycles. The van der Waals surface area contributed by atoms with Crippen LogP contribution in [0.25, 0.3) is 0 Å². The minimum atomic E-state index is -3.43. The number of nitrogens with zero attached hydrogens (tertiary/aromatic N) is 1. The summed E-state index contributed by atoms with van der Waals surface area (Å²) in [5.41, 5.74) is 0.650. The summed E-state index contributed by atoms with van der Waals surface area (Å²) < 4.78 is 25.7. The minimum Gasteiger partial charge on any atom is -0.381 e. The van der Waals surface area contributed by atoms with Crippen molar-refractivity contribution in [1.82, 2.24) is 4.31 Å². The second-order valence-electron chi connectivity index (χ2n) is 4.85. The van der Waals surface area contributed by atoms with Crippen molar-refractivity contribution in [1.29, 1.82) is 0 Å². The first-order valence-electron chi connectivity index (χ1n) is 6.14. The number of rotatable bonds is 6. The Balaban J connectivity index is 3.11. The Morgan fingerprint density at radius 2 is 1.84 bits per heavy atom. The van der Waals surface area contributed by atoms with Crippen LogP contribution < -0.4 is 5.32 Å². The predicted octanol–water partition coefficient (Wildman–Crippen LogP) is 2.77. The zero-order valence-corrected chi connectivity index (χ0v) is 14.1. The molecule has 0 aliphatic carbocycles. The van der Waals surface area contributed by atoms with Gasteiger partial charge in [-0.2, -0.15) is 0 Å². The number of benzene rings is 1. The summed E-state index contributed by atoms with van der Waals surface area (Å²) in [7, 11) is -0.350. The van der Waals surface area contributed by atoms with Crippen molar-refractivity contribution in [3.05, 3.63) is 24.3 Å². The van der Waals surface area contributed by atoms with Crippen molar-refractivity contribution >= 4 is 31.6 Å². The molecule has 0 heterocycles. The molecule has 0 aliphatic heterocycles. The van der Waals surface area contributed by atoms with Crippen LogP contribution in [0, 0.1) is 5.92 Å². The lowest BCUT2D eigenvalue weighted by Gasteiger charge is -2.23. The van der Waals surface area contributed by atoms with E-state index in [4.69, 9.17) is 0 Å². The molecule has 19 heavy (non-hydrogen) atoms. The fourth-order valence-corrected chi connectivity index (χ4v) is 3.14. The first-order valence-corrected chi connectivity index (χ1v) is 8.71. The molecule has 2 atom stereocenters. The summed E-state index contributed by atoms with van der Waals surface area (Å²) in [6.45, 7) is 4.15. The van der Waals surface area contributed by atoms with Crippen LogP contribution in [-0.2, 0) is 10.0 Å². The van der Waals surface area contributed by atoms with E-state index in [-0.39, 0.29) is 6.04 Å². The van der Waals surface area contributed by atoms with Crippen molar-refractivity contribution in [3.8, 4) is 0 Å². The van der Waals surface area contributed by atoms with Crippen molar-refractivity contribution in [3.63, 3.8) is 0 Å². The van der Waals surface area contributed by atoms with Crippen molar-refractivity contribution in [2.45, 2.75) is 24.8 Å². The molecule has 0 amide bonds. The summed E-state index contributed by atoms with van der Waals surface area (Å²) in [6, 6.07) is 7.18. The fourth-order valence-electron chi connectivity index (χ4n) is 1.53. The molecule has 0 fully saturated rings. The molecule has 0 saturated heterocycles. The summed E-state index contributed by atoms with van der Waals surface area (Å²) >= 11 is 3.44. The van der Waals surface area contributed by atoms with Gasteiger partial charge in [0.05, 0.1) is 5.69 Å². The van der Waals surface area contributed by atoms with E-state index in [9.17, 15) is 8.42 Å². The molecule has 108 valence electrons. The number of nitrogens with one attached hydrogen (secondary N) is 1. The van der Waals surface area contributed by atoms with Crippen molar-refractivity contribution < 1.29 is 8.42 Å². The van der Waals surface area contributed by atoms with Gasteiger partial charge in [-0.3, -0.25) is 0 Å². The van der Waals surface area contributed by atoms with Crippen LogP contribution in [0.2, 0.25) is 0 Å². The zero-order valence-electron chi connectivity index (χ0n) is 11.7. The number of halogens is 1. The summed E-state index contributed by atoms with van der Waals surface area (Å²) in [5.74, 6) is 0.398. The topological polar surface area (TPSA) is 49.4 Å². The third kappa shape index (κ3) is 3.94. The molecule has 4 nitrogen and oxygen atoms in total.